The van der Waals surface area contributed by atoms with Crippen molar-refractivity contribution in [3.63, 3.8) is 0 Å². The third kappa shape index (κ3) is 2.82. The molecule has 0 aliphatic heterocycles. The van der Waals surface area contributed by atoms with Crippen molar-refractivity contribution in [1.82, 2.24) is 10.3 Å². The third-order valence-electron chi connectivity index (χ3n) is 3.59. The van der Waals surface area contributed by atoms with Gasteiger partial charge in [0.05, 0.1) is 5.02 Å². The zero-order valence-corrected chi connectivity index (χ0v) is 12.5. The number of hydrogen-bond donors (Lipinski definition) is 1. The van der Waals surface area contributed by atoms with Crippen LogP contribution in [0.3, 0.4) is 0 Å². The Morgan fingerprint density at radius 3 is 2.58 bits per heavy atom. The maximum absolute atomic E-state index is 6.18. The molecule has 0 spiro atoms. The lowest BCUT2D eigenvalue weighted by molar-refractivity contribution is 0.489. The van der Waals surface area contributed by atoms with Crippen LogP contribution >= 0.6 is 11.6 Å². The van der Waals surface area contributed by atoms with Crippen LogP contribution in [0.4, 0.5) is 0 Å². The first kappa shape index (κ1) is 14.1. The predicted octanol–water partition coefficient (Wildman–Crippen LogP) is 3.76. The van der Waals surface area contributed by atoms with Crippen molar-refractivity contribution in [1.29, 1.82) is 0 Å². The van der Waals surface area contributed by atoms with E-state index in [4.69, 9.17) is 16.0 Å². The largest absolute Gasteiger partial charge is 0.466 e. The second-order valence-electron chi connectivity index (χ2n) is 4.77. The highest BCUT2D eigenvalue weighted by molar-refractivity contribution is 6.31. The summed E-state index contributed by atoms with van der Waals surface area (Å²) in [4.78, 5) is 4.02. The molecule has 0 aliphatic rings. The minimum Gasteiger partial charge on any atom is -0.466 e. The minimum absolute atomic E-state index is 0.192. The zero-order chi connectivity index (χ0) is 14.0. The van der Waals surface area contributed by atoms with Crippen LogP contribution in [0.1, 0.15) is 34.3 Å². The summed E-state index contributed by atoms with van der Waals surface area (Å²) in [7, 11) is 1.96. The summed E-state index contributed by atoms with van der Waals surface area (Å²) in [6.45, 7) is 6.10. The summed E-state index contributed by atoms with van der Waals surface area (Å²) in [6.07, 6.45) is 4.27. The molecule has 0 saturated carbocycles. The van der Waals surface area contributed by atoms with Crippen LogP contribution in [0, 0.1) is 20.8 Å². The zero-order valence-electron chi connectivity index (χ0n) is 11.7. The van der Waals surface area contributed by atoms with E-state index in [1.165, 1.54) is 11.1 Å². The van der Waals surface area contributed by atoms with Gasteiger partial charge in [0.1, 0.15) is 11.5 Å². The van der Waals surface area contributed by atoms with Gasteiger partial charge in [0.25, 0.3) is 0 Å². The molecule has 1 atom stereocenters. The lowest BCUT2D eigenvalue weighted by atomic mass is 9.96. The number of rotatable bonds is 4. The Morgan fingerprint density at radius 2 is 2.05 bits per heavy atom. The molecule has 0 radical (unpaired) electrons. The van der Waals surface area contributed by atoms with Gasteiger partial charge in [0.15, 0.2) is 0 Å². The van der Waals surface area contributed by atoms with Gasteiger partial charge in [-0.05, 0) is 51.4 Å². The molecular weight excluding hydrogens is 260 g/mol. The van der Waals surface area contributed by atoms with E-state index in [1.54, 1.807) is 12.4 Å². The normalized spacial score (nSPS) is 12.7. The average Bonchev–Trinajstić information content (AvgIpc) is 2.63. The van der Waals surface area contributed by atoms with Crippen LogP contribution in [0.15, 0.2) is 22.9 Å². The molecule has 0 bridgehead atoms. The van der Waals surface area contributed by atoms with Crippen molar-refractivity contribution in [2.45, 2.75) is 33.2 Å². The fraction of sp³-hybridized carbons (Fsp3) is 0.400. The summed E-state index contributed by atoms with van der Waals surface area (Å²) >= 11 is 6.18. The first-order chi connectivity index (χ1) is 9.04. The predicted molar refractivity (Wildman–Crippen MR) is 77.7 cm³/mol. The Kier molecular flexibility index (Phi) is 4.27. The monoisotopic (exact) mass is 278 g/mol. The molecule has 2 heterocycles. The van der Waals surface area contributed by atoms with Crippen LogP contribution in [0.2, 0.25) is 5.02 Å². The lowest BCUT2D eigenvalue weighted by Gasteiger charge is -2.17. The van der Waals surface area contributed by atoms with Crippen LogP contribution in [0.25, 0.3) is 0 Å². The van der Waals surface area contributed by atoms with Gasteiger partial charge in [-0.25, -0.2) is 0 Å². The molecule has 0 aliphatic carbocycles. The second-order valence-corrected chi connectivity index (χ2v) is 5.17. The van der Waals surface area contributed by atoms with Gasteiger partial charge in [-0.1, -0.05) is 11.6 Å². The van der Waals surface area contributed by atoms with E-state index in [1.807, 2.05) is 27.0 Å². The third-order valence-corrected chi connectivity index (χ3v) is 3.94. The van der Waals surface area contributed by atoms with Gasteiger partial charge in [-0.2, -0.15) is 0 Å². The Balaban J connectivity index is 2.33. The molecule has 102 valence electrons. The van der Waals surface area contributed by atoms with Crippen molar-refractivity contribution in [2.24, 2.45) is 0 Å². The Labute approximate surface area is 119 Å². The van der Waals surface area contributed by atoms with E-state index >= 15 is 0 Å². The van der Waals surface area contributed by atoms with Crippen molar-refractivity contribution in [2.75, 3.05) is 7.05 Å². The quantitative estimate of drug-likeness (QED) is 0.925. The molecule has 0 fully saturated rings. The number of nitrogens with one attached hydrogen (secondary N) is 1. The lowest BCUT2D eigenvalue weighted by Crippen LogP contribution is -2.20. The van der Waals surface area contributed by atoms with E-state index < -0.39 is 0 Å². The van der Waals surface area contributed by atoms with Crippen molar-refractivity contribution in [3.8, 4) is 0 Å². The van der Waals surface area contributed by atoms with Gasteiger partial charge in [-0.3, -0.25) is 4.98 Å². The second kappa shape index (κ2) is 5.76. The number of hydrogen-bond acceptors (Lipinski definition) is 3. The Hall–Kier alpha value is -1.32. The molecule has 0 aromatic carbocycles. The van der Waals surface area contributed by atoms with Crippen LogP contribution in [0.5, 0.6) is 0 Å². The smallest absolute Gasteiger partial charge is 0.106 e. The number of likely N-dealkylation sites (N-methyl/N-ethyl adjacent to an activating group) is 1. The fourth-order valence-corrected chi connectivity index (χ4v) is 2.66. The number of aromatic nitrogens is 1. The van der Waals surface area contributed by atoms with Gasteiger partial charge in [-0.15, -0.1) is 0 Å². The average molecular weight is 279 g/mol. The summed E-state index contributed by atoms with van der Waals surface area (Å²) < 4.78 is 5.71. The first-order valence-corrected chi connectivity index (χ1v) is 6.74. The van der Waals surface area contributed by atoms with Crippen LogP contribution in [-0.2, 0) is 6.42 Å². The Morgan fingerprint density at radius 1 is 1.32 bits per heavy atom. The minimum atomic E-state index is 0.192. The maximum atomic E-state index is 6.18. The molecule has 2 aromatic heterocycles. The van der Waals surface area contributed by atoms with E-state index in [9.17, 15) is 0 Å². The summed E-state index contributed by atoms with van der Waals surface area (Å²) in [5, 5.41) is 4.06. The molecule has 2 rings (SSSR count). The molecule has 0 amide bonds. The Bertz CT molecular complexity index is 578. The summed E-state index contributed by atoms with van der Waals surface area (Å²) in [5.41, 5.74) is 3.53. The van der Waals surface area contributed by atoms with Crippen molar-refractivity contribution < 1.29 is 4.42 Å². The SMILES string of the molecule is CNC(Cc1ccncc1Cl)c1c(C)oc(C)c1C. The van der Waals surface area contributed by atoms with E-state index in [2.05, 4.69) is 17.2 Å². The van der Waals surface area contributed by atoms with E-state index in [0.717, 1.165) is 23.5 Å². The molecule has 4 heteroatoms. The molecule has 19 heavy (non-hydrogen) atoms. The number of furan rings is 1. The molecular formula is C15H19ClN2O. The van der Waals surface area contributed by atoms with Gasteiger partial charge in [0.2, 0.25) is 0 Å². The number of pyridine rings is 1. The number of nitrogens with zero attached hydrogens (tertiary/aromatic N) is 1. The maximum Gasteiger partial charge on any atom is 0.106 e. The van der Waals surface area contributed by atoms with E-state index in [-0.39, 0.29) is 6.04 Å². The van der Waals surface area contributed by atoms with Crippen LogP contribution in [-0.4, -0.2) is 12.0 Å². The van der Waals surface area contributed by atoms with Gasteiger partial charge >= 0.3 is 0 Å². The molecule has 1 N–H and O–H groups in total. The summed E-state index contributed by atoms with van der Waals surface area (Å²) in [6, 6.07) is 2.15. The topological polar surface area (TPSA) is 38.1 Å². The highest BCUT2D eigenvalue weighted by atomic mass is 35.5. The number of aryl methyl sites for hydroxylation is 2. The van der Waals surface area contributed by atoms with E-state index in [0.29, 0.717) is 5.02 Å². The fourth-order valence-electron chi connectivity index (χ4n) is 2.46. The molecule has 1 unspecified atom stereocenters. The molecule has 2 aromatic rings. The van der Waals surface area contributed by atoms with Crippen molar-refractivity contribution >= 4 is 11.6 Å². The number of halogens is 1. The summed E-state index contributed by atoms with van der Waals surface area (Å²) in [5.74, 6) is 1.95. The van der Waals surface area contributed by atoms with Gasteiger partial charge in [0, 0.05) is 24.0 Å². The standard InChI is InChI=1S/C15H19ClN2O/c1-9-10(2)19-11(3)15(9)14(17-4)7-12-5-6-18-8-13(12)16/h5-6,8,14,17H,7H2,1-4H3. The molecule has 3 nitrogen and oxygen atoms in total. The van der Waals surface area contributed by atoms with Gasteiger partial charge < -0.3 is 9.73 Å². The molecule has 0 saturated heterocycles. The van der Waals surface area contributed by atoms with Crippen LogP contribution < -0.4 is 5.32 Å². The first-order valence-electron chi connectivity index (χ1n) is 6.36. The van der Waals surface area contributed by atoms with Crippen molar-refractivity contribution in [3.05, 3.63) is 51.7 Å². The highest BCUT2D eigenvalue weighted by Crippen LogP contribution is 2.30. The highest BCUT2D eigenvalue weighted by Gasteiger charge is 2.20.